The fourth-order valence-corrected chi connectivity index (χ4v) is 4.56. The maximum atomic E-state index is 3.85. The van der Waals surface area contributed by atoms with Gasteiger partial charge < -0.3 is 5.32 Å². The van der Waals surface area contributed by atoms with E-state index in [-0.39, 0.29) is 0 Å². The number of likely N-dealkylation sites (tertiary alicyclic amines) is 1. The molecule has 2 heteroatoms. The smallest absolute Gasteiger partial charge is 0.0252 e. The van der Waals surface area contributed by atoms with Crippen LogP contribution < -0.4 is 5.32 Å². The fourth-order valence-electron chi connectivity index (χ4n) is 4.56. The summed E-state index contributed by atoms with van der Waals surface area (Å²) in [5, 5.41) is 3.85. The van der Waals surface area contributed by atoms with Gasteiger partial charge in [0.05, 0.1) is 0 Å². The van der Waals surface area contributed by atoms with E-state index in [4.69, 9.17) is 0 Å². The molecule has 5 atom stereocenters. The SMILES string of the molecule is CCCNC1CCC(CC)CC1N1CC(C)CC(C)C1. The first kappa shape index (κ1) is 16.3. The van der Waals surface area contributed by atoms with E-state index in [1.165, 1.54) is 58.2 Å². The van der Waals surface area contributed by atoms with Crippen LogP contribution in [0.3, 0.4) is 0 Å². The lowest BCUT2D eigenvalue weighted by Crippen LogP contribution is -2.56. The van der Waals surface area contributed by atoms with Gasteiger partial charge in [0.25, 0.3) is 0 Å². The quantitative estimate of drug-likeness (QED) is 0.821. The van der Waals surface area contributed by atoms with Crippen molar-refractivity contribution in [3.05, 3.63) is 0 Å². The molecule has 0 aromatic rings. The van der Waals surface area contributed by atoms with Crippen molar-refractivity contribution in [2.24, 2.45) is 17.8 Å². The van der Waals surface area contributed by atoms with Crippen molar-refractivity contribution in [1.29, 1.82) is 0 Å². The summed E-state index contributed by atoms with van der Waals surface area (Å²) in [5.41, 5.74) is 0. The molecule has 1 heterocycles. The van der Waals surface area contributed by atoms with Crippen LogP contribution >= 0.6 is 0 Å². The first-order valence-corrected chi connectivity index (χ1v) is 9.11. The summed E-state index contributed by atoms with van der Waals surface area (Å²) in [7, 11) is 0. The summed E-state index contributed by atoms with van der Waals surface area (Å²) in [4.78, 5) is 2.84. The van der Waals surface area contributed by atoms with Crippen molar-refractivity contribution in [2.45, 2.75) is 78.3 Å². The van der Waals surface area contributed by atoms with Crippen molar-refractivity contribution in [1.82, 2.24) is 10.2 Å². The van der Waals surface area contributed by atoms with Crippen molar-refractivity contribution >= 4 is 0 Å². The molecule has 0 aromatic carbocycles. The summed E-state index contributed by atoms with van der Waals surface area (Å²) < 4.78 is 0. The number of nitrogens with one attached hydrogen (secondary N) is 1. The van der Waals surface area contributed by atoms with Crippen molar-refractivity contribution in [2.75, 3.05) is 19.6 Å². The molecule has 2 nitrogen and oxygen atoms in total. The van der Waals surface area contributed by atoms with Crippen molar-refractivity contribution < 1.29 is 0 Å². The number of hydrogen-bond acceptors (Lipinski definition) is 2. The second kappa shape index (κ2) is 7.79. The van der Waals surface area contributed by atoms with Gasteiger partial charge in [-0.1, -0.05) is 34.1 Å². The third kappa shape index (κ3) is 4.21. The van der Waals surface area contributed by atoms with Gasteiger partial charge >= 0.3 is 0 Å². The van der Waals surface area contributed by atoms with Gasteiger partial charge in [0.15, 0.2) is 0 Å². The van der Waals surface area contributed by atoms with Crippen LogP contribution in [0, 0.1) is 17.8 Å². The molecule has 1 N–H and O–H groups in total. The van der Waals surface area contributed by atoms with E-state index in [1.807, 2.05) is 0 Å². The van der Waals surface area contributed by atoms with Gasteiger partial charge in [-0.25, -0.2) is 0 Å². The van der Waals surface area contributed by atoms with Crippen molar-refractivity contribution in [3.63, 3.8) is 0 Å². The highest BCUT2D eigenvalue weighted by Gasteiger charge is 2.36. The molecule has 1 saturated carbocycles. The molecule has 2 aliphatic rings. The van der Waals surface area contributed by atoms with Crippen LogP contribution in [0.4, 0.5) is 0 Å². The first-order chi connectivity index (χ1) is 9.63. The number of piperidine rings is 1. The molecule has 2 fully saturated rings. The summed E-state index contributed by atoms with van der Waals surface area (Å²) in [5.74, 6) is 2.73. The summed E-state index contributed by atoms with van der Waals surface area (Å²) >= 11 is 0. The molecule has 0 radical (unpaired) electrons. The number of rotatable bonds is 5. The fraction of sp³-hybridized carbons (Fsp3) is 1.00. The molecule has 0 bridgehead atoms. The Bertz CT molecular complexity index is 269. The average molecular weight is 280 g/mol. The van der Waals surface area contributed by atoms with Crippen LogP contribution in [0.1, 0.15) is 66.2 Å². The Kier molecular flexibility index (Phi) is 6.35. The van der Waals surface area contributed by atoms with Crippen LogP contribution in [0.25, 0.3) is 0 Å². The Morgan fingerprint density at radius 1 is 1.00 bits per heavy atom. The summed E-state index contributed by atoms with van der Waals surface area (Å²) in [6, 6.07) is 1.54. The first-order valence-electron chi connectivity index (χ1n) is 9.11. The maximum absolute atomic E-state index is 3.85. The lowest BCUT2D eigenvalue weighted by atomic mass is 9.78. The third-order valence-corrected chi connectivity index (χ3v) is 5.53. The Morgan fingerprint density at radius 3 is 2.30 bits per heavy atom. The Morgan fingerprint density at radius 2 is 1.70 bits per heavy atom. The second-order valence-corrected chi connectivity index (χ2v) is 7.62. The standard InChI is InChI=1S/C18H36N2/c1-5-9-19-17-8-7-16(6-2)11-18(17)20-12-14(3)10-15(4)13-20/h14-19H,5-13H2,1-4H3. The average Bonchev–Trinajstić information content (AvgIpc) is 2.44. The molecule has 118 valence electrons. The topological polar surface area (TPSA) is 15.3 Å². The maximum Gasteiger partial charge on any atom is 0.0252 e. The third-order valence-electron chi connectivity index (χ3n) is 5.53. The molecule has 20 heavy (non-hydrogen) atoms. The molecular formula is C18H36N2. The lowest BCUT2D eigenvalue weighted by Gasteiger charge is -2.47. The van der Waals surface area contributed by atoms with Crippen LogP contribution in [-0.4, -0.2) is 36.6 Å². The van der Waals surface area contributed by atoms with Gasteiger partial charge in [0.1, 0.15) is 0 Å². The molecule has 2 rings (SSSR count). The van der Waals surface area contributed by atoms with E-state index in [1.54, 1.807) is 0 Å². The normalized spacial score (nSPS) is 39.9. The van der Waals surface area contributed by atoms with Crippen LogP contribution in [0.15, 0.2) is 0 Å². The van der Waals surface area contributed by atoms with Gasteiger partial charge in [0.2, 0.25) is 0 Å². The lowest BCUT2D eigenvalue weighted by molar-refractivity contribution is 0.0417. The van der Waals surface area contributed by atoms with E-state index >= 15 is 0 Å². The summed E-state index contributed by atoms with van der Waals surface area (Å²) in [6.07, 6.45) is 8.31. The molecule has 0 amide bonds. The highest BCUT2D eigenvalue weighted by molar-refractivity contribution is 4.93. The van der Waals surface area contributed by atoms with Crippen LogP contribution in [0.5, 0.6) is 0 Å². The minimum atomic E-state index is 0.746. The van der Waals surface area contributed by atoms with E-state index in [9.17, 15) is 0 Å². The van der Waals surface area contributed by atoms with Gasteiger partial charge in [-0.2, -0.15) is 0 Å². The minimum absolute atomic E-state index is 0.746. The minimum Gasteiger partial charge on any atom is -0.312 e. The monoisotopic (exact) mass is 280 g/mol. The van der Waals surface area contributed by atoms with Crippen LogP contribution in [0.2, 0.25) is 0 Å². The van der Waals surface area contributed by atoms with Gasteiger partial charge in [-0.3, -0.25) is 4.90 Å². The Hall–Kier alpha value is -0.0800. The Balaban J connectivity index is 2.01. The zero-order chi connectivity index (χ0) is 14.5. The zero-order valence-electron chi connectivity index (χ0n) is 14.2. The van der Waals surface area contributed by atoms with Crippen LogP contribution in [-0.2, 0) is 0 Å². The van der Waals surface area contributed by atoms with Gasteiger partial charge in [-0.15, -0.1) is 0 Å². The predicted molar refractivity (Wildman–Crippen MR) is 88.0 cm³/mol. The van der Waals surface area contributed by atoms with Crippen molar-refractivity contribution in [3.8, 4) is 0 Å². The van der Waals surface area contributed by atoms with E-state index in [2.05, 4.69) is 37.9 Å². The van der Waals surface area contributed by atoms with E-state index in [0.29, 0.717) is 0 Å². The van der Waals surface area contributed by atoms with E-state index in [0.717, 1.165) is 29.8 Å². The zero-order valence-corrected chi connectivity index (χ0v) is 14.2. The molecule has 1 saturated heterocycles. The molecule has 5 unspecified atom stereocenters. The molecule has 0 aromatic heterocycles. The van der Waals surface area contributed by atoms with E-state index < -0.39 is 0 Å². The molecule has 1 aliphatic heterocycles. The Labute approximate surface area is 126 Å². The predicted octanol–water partition coefficient (Wildman–Crippen LogP) is 3.91. The largest absolute Gasteiger partial charge is 0.312 e. The highest BCUT2D eigenvalue weighted by atomic mass is 15.2. The van der Waals surface area contributed by atoms with Gasteiger partial charge in [-0.05, 0) is 56.4 Å². The highest BCUT2D eigenvalue weighted by Crippen LogP contribution is 2.33. The molecule has 1 aliphatic carbocycles. The van der Waals surface area contributed by atoms with Gasteiger partial charge in [0, 0.05) is 25.2 Å². The molecular weight excluding hydrogens is 244 g/mol. The second-order valence-electron chi connectivity index (χ2n) is 7.62. The summed E-state index contributed by atoms with van der Waals surface area (Å²) in [6.45, 7) is 13.4. The number of nitrogens with zero attached hydrogens (tertiary/aromatic N) is 1. The molecule has 0 spiro atoms. The number of hydrogen-bond donors (Lipinski definition) is 1.